The first-order valence-electron chi connectivity index (χ1n) is 6.54. The summed E-state index contributed by atoms with van der Waals surface area (Å²) in [7, 11) is 0. The Kier molecular flexibility index (Phi) is 3.10. The topological polar surface area (TPSA) is 72.2 Å². The number of hydrogen-bond donors (Lipinski definition) is 1. The zero-order chi connectivity index (χ0) is 14.1. The molecule has 1 saturated carbocycles. The fourth-order valence-electron chi connectivity index (χ4n) is 2.46. The van der Waals surface area contributed by atoms with E-state index in [2.05, 4.69) is 5.32 Å². The summed E-state index contributed by atoms with van der Waals surface area (Å²) in [6, 6.07) is 13.2. The highest BCUT2D eigenvalue weighted by Crippen LogP contribution is 2.33. The molecule has 1 N–H and O–H groups in total. The van der Waals surface area contributed by atoms with Crippen molar-refractivity contribution in [2.75, 3.05) is 0 Å². The van der Waals surface area contributed by atoms with Crippen LogP contribution < -0.4 is 5.32 Å². The molecule has 2 atom stereocenters. The van der Waals surface area contributed by atoms with E-state index in [1.165, 1.54) is 0 Å². The fraction of sp³-hybridized carbons (Fsp3) is 0.267. The Morgan fingerprint density at radius 2 is 2.00 bits per heavy atom. The molecule has 2 aromatic rings. The van der Waals surface area contributed by atoms with Gasteiger partial charge in [0.25, 0.3) is 0 Å². The summed E-state index contributed by atoms with van der Waals surface area (Å²) in [6.45, 7) is 0.404. The van der Waals surface area contributed by atoms with Crippen LogP contribution in [0.1, 0.15) is 12.0 Å². The van der Waals surface area contributed by atoms with Gasteiger partial charge < -0.3 is 5.32 Å². The highest BCUT2D eigenvalue weighted by atomic mass is 16.6. The van der Waals surface area contributed by atoms with Gasteiger partial charge in [0.1, 0.15) is 5.92 Å². The lowest BCUT2D eigenvalue weighted by molar-refractivity contribution is -0.497. The van der Waals surface area contributed by atoms with Gasteiger partial charge in [-0.2, -0.15) is 0 Å². The molecule has 20 heavy (non-hydrogen) atoms. The Hall–Kier alpha value is -2.43. The van der Waals surface area contributed by atoms with E-state index in [9.17, 15) is 14.9 Å². The molecule has 102 valence electrons. The minimum absolute atomic E-state index is 0.223. The summed E-state index contributed by atoms with van der Waals surface area (Å²) in [4.78, 5) is 22.0. The second-order valence-electron chi connectivity index (χ2n) is 5.05. The Morgan fingerprint density at radius 1 is 1.25 bits per heavy atom. The number of rotatable bonds is 4. The summed E-state index contributed by atoms with van der Waals surface area (Å²) in [6.07, 6.45) is 0.356. The van der Waals surface area contributed by atoms with E-state index in [1.54, 1.807) is 0 Å². The van der Waals surface area contributed by atoms with E-state index in [1.807, 2.05) is 42.5 Å². The molecule has 3 rings (SSSR count). The Bertz CT molecular complexity index is 678. The lowest BCUT2D eigenvalue weighted by Crippen LogP contribution is -2.26. The van der Waals surface area contributed by atoms with E-state index in [4.69, 9.17) is 0 Å². The highest BCUT2D eigenvalue weighted by molar-refractivity contribution is 5.87. The SMILES string of the molecule is O=C(NCc1cccc2ccccc12)[C@@H]1C[C@@H]1[N+](=O)[O-]. The van der Waals surface area contributed by atoms with Crippen LogP contribution in [0.5, 0.6) is 0 Å². The van der Waals surface area contributed by atoms with Crippen LogP contribution in [0.25, 0.3) is 10.8 Å². The summed E-state index contributed by atoms with van der Waals surface area (Å²) in [5.41, 5.74) is 1.02. The third kappa shape index (κ3) is 2.34. The van der Waals surface area contributed by atoms with Gasteiger partial charge >= 0.3 is 0 Å². The predicted octanol–water partition coefficient (Wildman–Crippen LogP) is 2.12. The Balaban J connectivity index is 1.69. The fourth-order valence-corrected chi connectivity index (χ4v) is 2.46. The molecule has 0 spiro atoms. The summed E-state index contributed by atoms with van der Waals surface area (Å²) in [5.74, 6) is -0.681. The lowest BCUT2D eigenvalue weighted by Gasteiger charge is -2.07. The Morgan fingerprint density at radius 3 is 2.75 bits per heavy atom. The summed E-state index contributed by atoms with van der Waals surface area (Å²) >= 11 is 0. The van der Waals surface area contributed by atoms with Crippen molar-refractivity contribution in [3.63, 3.8) is 0 Å². The van der Waals surface area contributed by atoms with E-state index in [0.717, 1.165) is 16.3 Å². The van der Waals surface area contributed by atoms with Crippen molar-refractivity contribution in [3.8, 4) is 0 Å². The van der Waals surface area contributed by atoms with Crippen LogP contribution in [0.3, 0.4) is 0 Å². The van der Waals surface area contributed by atoms with Gasteiger partial charge in [-0.1, -0.05) is 42.5 Å². The van der Waals surface area contributed by atoms with Crippen molar-refractivity contribution in [2.45, 2.75) is 19.0 Å². The molecule has 0 radical (unpaired) electrons. The number of hydrogen-bond acceptors (Lipinski definition) is 3. The maximum absolute atomic E-state index is 11.8. The number of nitrogens with one attached hydrogen (secondary N) is 1. The normalized spacial score (nSPS) is 20.6. The molecule has 1 aliphatic carbocycles. The van der Waals surface area contributed by atoms with Crippen molar-refractivity contribution >= 4 is 16.7 Å². The van der Waals surface area contributed by atoms with Gasteiger partial charge in [0.15, 0.2) is 0 Å². The van der Waals surface area contributed by atoms with Gasteiger partial charge in [0.2, 0.25) is 11.9 Å². The number of nitro groups is 1. The maximum atomic E-state index is 11.8. The molecule has 1 amide bonds. The summed E-state index contributed by atoms with van der Waals surface area (Å²) in [5, 5.41) is 15.6. The molecule has 0 aromatic heterocycles. The minimum atomic E-state index is -0.692. The monoisotopic (exact) mass is 270 g/mol. The molecular weight excluding hydrogens is 256 g/mol. The quantitative estimate of drug-likeness (QED) is 0.683. The van der Waals surface area contributed by atoms with E-state index in [0.29, 0.717) is 13.0 Å². The number of benzene rings is 2. The van der Waals surface area contributed by atoms with Gasteiger partial charge in [0.05, 0.1) is 0 Å². The van der Waals surface area contributed by atoms with Gasteiger partial charge in [0, 0.05) is 17.9 Å². The van der Waals surface area contributed by atoms with Crippen LogP contribution in [0.15, 0.2) is 42.5 Å². The van der Waals surface area contributed by atoms with Crippen LogP contribution in [-0.2, 0) is 11.3 Å². The molecule has 0 aliphatic heterocycles. The third-order valence-corrected chi connectivity index (χ3v) is 3.70. The van der Waals surface area contributed by atoms with Gasteiger partial charge in [-0.15, -0.1) is 0 Å². The molecule has 1 fully saturated rings. The minimum Gasteiger partial charge on any atom is -0.352 e. The van der Waals surface area contributed by atoms with Crippen molar-refractivity contribution < 1.29 is 9.72 Å². The van der Waals surface area contributed by atoms with Crippen molar-refractivity contribution in [1.29, 1.82) is 0 Å². The first-order valence-corrected chi connectivity index (χ1v) is 6.54. The maximum Gasteiger partial charge on any atom is 0.230 e. The standard InChI is InChI=1S/C15H14N2O3/c18-15(13-8-14(13)17(19)20)16-9-11-6-3-5-10-4-1-2-7-12(10)11/h1-7,13-14H,8-9H2,(H,16,18)/t13-,14+/m1/s1. The van der Waals surface area contributed by atoms with Crippen molar-refractivity contribution in [2.24, 2.45) is 5.92 Å². The smallest absolute Gasteiger partial charge is 0.230 e. The molecule has 0 bridgehead atoms. The molecule has 5 nitrogen and oxygen atoms in total. The first-order chi connectivity index (χ1) is 9.66. The van der Waals surface area contributed by atoms with Crippen molar-refractivity contribution in [3.05, 3.63) is 58.1 Å². The largest absolute Gasteiger partial charge is 0.352 e. The zero-order valence-corrected chi connectivity index (χ0v) is 10.8. The van der Waals surface area contributed by atoms with Crippen LogP contribution in [0, 0.1) is 16.0 Å². The van der Waals surface area contributed by atoms with Gasteiger partial charge in [-0.05, 0) is 16.3 Å². The van der Waals surface area contributed by atoms with Crippen LogP contribution in [0.4, 0.5) is 0 Å². The Labute approximate surface area is 115 Å². The number of amides is 1. The average Bonchev–Trinajstić information content (AvgIpc) is 3.25. The molecule has 0 saturated heterocycles. The number of carbonyl (C=O) groups is 1. The van der Waals surface area contributed by atoms with Crippen LogP contribution >= 0.6 is 0 Å². The first kappa shape index (κ1) is 12.6. The van der Waals surface area contributed by atoms with Gasteiger partial charge in [-0.3, -0.25) is 14.9 Å². The molecule has 2 aromatic carbocycles. The number of fused-ring (bicyclic) bond motifs is 1. The number of nitrogens with zero attached hydrogens (tertiary/aromatic N) is 1. The van der Waals surface area contributed by atoms with Crippen molar-refractivity contribution in [1.82, 2.24) is 5.32 Å². The molecule has 5 heteroatoms. The van der Waals surface area contributed by atoms with E-state index < -0.39 is 12.0 Å². The number of carbonyl (C=O) groups excluding carboxylic acids is 1. The second kappa shape index (κ2) is 4.92. The molecule has 1 aliphatic rings. The van der Waals surface area contributed by atoms with Gasteiger partial charge in [-0.25, -0.2) is 0 Å². The lowest BCUT2D eigenvalue weighted by atomic mass is 10.0. The predicted molar refractivity (Wildman–Crippen MR) is 74.7 cm³/mol. The van der Waals surface area contributed by atoms with Crippen LogP contribution in [-0.4, -0.2) is 16.9 Å². The average molecular weight is 270 g/mol. The molecule has 0 heterocycles. The van der Waals surface area contributed by atoms with E-state index >= 15 is 0 Å². The molecular formula is C15H14N2O3. The summed E-state index contributed by atoms with van der Waals surface area (Å²) < 4.78 is 0. The van der Waals surface area contributed by atoms with E-state index in [-0.39, 0.29) is 10.8 Å². The van der Waals surface area contributed by atoms with Crippen LogP contribution in [0.2, 0.25) is 0 Å². The zero-order valence-electron chi connectivity index (χ0n) is 10.8. The second-order valence-corrected chi connectivity index (χ2v) is 5.05. The highest BCUT2D eigenvalue weighted by Gasteiger charge is 2.53. The molecule has 0 unspecified atom stereocenters. The third-order valence-electron chi connectivity index (χ3n) is 3.70.